The number of H-pyrrole nitrogens is 2. The van der Waals surface area contributed by atoms with Crippen LogP contribution in [0, 0.1) is 19.8 Å². The number of aromatic amines is 2. The van der Waals surface area contributed by atoms with Crippen molar-refractivity contribution < 1.29 is 29.4 Å². The van der Waals surface area contributed by atoms with Crippen LogP contribution in [-0.2, 0) is 32.0 Å². The third kappa shape index (κ3) is 8.85. The number of hydrogen-bond donors (Lipinski definition) is 5. The average molecular weight is 671 g/mol. The third-order valence-corrected chi connectivity index (χ3v) is 9.76. The molecule has 1 saturated heterocycles. The Morgan fingerprint density at radius 2 is 1.45 bits per heavy atom. The van der Waals surface area contributed by atoms with Crippen LogP contribution in [0.5, 0.6) is 0 Å². The number of carboxylic acids is 2. The SMILES string of the molecule is C/C=C1/C(=C\c2[nH]c(/C=c3\[nH]/c(=C/C4=NC(=O)C(C)=C4CCCCCCCC)c(C)c3CCC(=O)O)c(CCC(=O)O)c2C)NC(=O)[C@@H]1C. The summed E-state index contributed by atoms with van der Waals surface area (Å²) in [4.78, 5) is 59.7. The lowest BCUT2D eigenvalue weighted by molar-refractivity contribution is -0.138. The van der Waals surface area contributed by atoms with E-state index in [2.05, 4.69) is 27.2 Å². The number of unbranched alkanes of at least 4 members (excludes halogenated alkanes) is 5. The Labute approximate surface area is 287 Å². The molecule has 262 valence electrons. The highest BCUT2D eigenvalue weighted by Gasteiger charge is 2.29. The fraction of sp³-hybridized carbons (Fsp3) is 0.462. The van der Waals surface area contributed by atoms with E-state index in [9.17, 15) is 29.4 Å². The van der Waals surface area contributed by atoms with Crippen molar-refractivity contribution in [3.8, 4) is 0 Å². The molecule has 2 amide bonds. The summed E-state index contributed by atoms with van der Waals surface area (Å²) in [6, 6.07) is 0. The van der Waals surface area contributed by atoms with Gasteiger partial charge in [-0.1, -0.05) is 45.1 Å². The third-order valence-electron chi connectivity index (χ3n) is 9.76. The van der Waals surface area contributed by atoms with Crippen molar-refractivity contribution in [2.45, 2.75) is 112 Å². The molecule has 0 unspecified atom stereocenters. The van der Waals surface area contributed by atoms with Gasteiger partial charge in [-0.3, -0.25) is 19.2 Å². The van der Waals surface area contributed by atoms with E-state index < -0.39 is 11.9 Å². The number of hydrogen-bond acceptors (Lipinski definition) is 4. The molecule has 49 heavy (non-hydrogen) atoms. The zero-order chi connectivity index (χ0) is 35.8. The molecule has 0 radical (unpaired) electrons. The molecule has 10 heteroatoms. The number of aliphatic imine (C=N–C) groups is 1. The van der Waals surface area contributed by atoms with Crippen molar-refractivity contribution >= 4 is 47.7 Å². The molecule has 1 fully saturated rings. The van der Waals surface area contributed by atoms with Gasteiger partial charge in [0.05, 0.1) is 11.6 Å². The maximum absolute atomic E-state index is 12.7. The van der Waals surface area contributed by atoms with Gasteiger partial charge in [0.1, 0.15) is 0 Å². The Balaban J connectivity index is 1.81. The van der Waals surface area contributed by atoms with E-state index in [4.69, 9.17) is 0 Å². The zero-order valence-electron chi connectivity index (χ0n) is 29.6. The van der Waals surface area contributed by atoms with E-state index in [0.717, 1.165) is 63.7 Å². The average Bonchev–Trinajstić information content (AvgIpc) is 3.69. The predicted molar refractivity (Wildman–Crippen MR) is 192 cm³/mol. The molecule has 0 bridgehead atoms. The van der Waals surface area contributed by atoms with Crippen molar-refractivity contribution in [2.75, 3.05) is 0 Å². The number of aliphatic carboxylic acids is 2. The van der Waals surface area contributed by atoms with Crippen molar-refractivity contribution in [3.05, 3.63) is 72.8 Å². The van der Waals surface area contributed by atoms with Crippen molar-refractivity contribution in [2.24, 2.45) is 10.9 Å². The Bertz CT molecular complexity index is 1880. The second-order valence-corrected chi connectivity index (χ2v) is 13.1. The number of rotatable bonds is 16. The van der Waals surface area contributed by atoms with Crippen molar-refractivity contribution in [3.63, 3.8) is 0 Å². The second-order valence-electron chi connectivity index (χ2n) is 13.1. The van der Waals surface area contributed by atoms with Gasteiger partial charge >= 0.3 is 11.9 Å². The van der Waals surface area contributed by atoms with E-state index >= 15 is 0 Å². The minimum Gasteiger partial charge on any atom is -0.481 e. The van der Waals surface area contributed by atoms with Gasteiger partial charge in [-0.25, -0.2) is 4.99 Å². The minimum absolute atomic E-state index is 0.0704. The quantitative estimate of drug-likeness (QED) is 0.144. The largest absolute Gasteiger partial charge is 0.481 e. The van der Waals surface area contributed by atoms with Gasteiger partial charge in [0, 0.05) is 46.2 Å². The van der Waals surface area contributed by atoms with E-state index in [1.54, 1.807) is 0 Å². The normalized spacial score (nSPS) is 18.8. The maximum Gasteiger partial charge on any atom is 0.303 e. The van der Waals surface area contributed by atoms with Crippen LogP contribution in [0.1, 0.15) is 119 Å². The van der Waals surface area contributed by atoms with Gasteiger partial charge in [-0.05, 0) is 112 Å². The predicted octanol–water partition coefficient (Wildman–Crippen LogP) is 5.70. The number of nitrogens with zero attached hydrogens (tertiary/aromatic N) is 1. The Kier molecular flexibility index (Phi) is 12.6. The molecule has 0 saturated carbocycles. The van der Waals surface area contributed by atoms with E-state index in [1.165, 1.54) is 25.7 Å². The van der Waals surface area contributed by atoms with Gasteiger partial charge in [0.25, 0.3) is 5.91 Å². The smallest absolute Gasteiger partial charge is 0.303 e. The highest BCUT2D eigenvalue weighted by atomic mass is 16.4. The number of aromatic nitrogens is 2. The summed E-state index contributed by atoms with van der Waals surface area (Å²) in [7, 11) is 0. The summed E-state index contributed by atoms with van der Waals surface area (Å²) >= 11 is 0. The number of allylic oxidation sites excluding steroid dienone is 3. The molecular formula is C39H50N4O6. The van der Waals surface area contributed by atoms with E-state index in [1.807, 2.05) is 58.9 Å². The highest BCUT2D eigenvalue weighted by molar-refractivity contribution is 6.30. The summed E-state index contributed by atoms with van der Waals surface area (Å²) in [5, 5.41) is 23.5. The topological polar surface area (TPSA) is 165 Å². The molecule has 4 heterocycles. The van der Waals surface area contributed by atoms with Crippen LogP contribution in [0.15, 0.2) is 33.5 Å². The van der Waals surface area contributed by atoms with Crippen LogP contribution in [-0.4, -0.2) is 49.6 Å². The first-order valence-corrected chi connectivity index (χ1v) is 17.4. The van der Waals surface area contributed by atoms with Gasteiger partial charge in [-0.15, -0.1) is 0 Å². The standard InChI is InChI=1S/C39H50N4O6/c1-7-9-10-11-12-13-14-27-25(6)39(49)43-35(27)20-31-23(4)29(16-18-37(46)47)34(41-31)21-33-28(15-17-36(44)45)22(3)30(40-33)19-32-26(8-2)24(5)38(48)42-32/h8,19-21,24,40-41H,7,9-18H2,1-6H3,(H,42,48)(H,44,45)(H,46,47)/b26-8+,31-20+,32-19+,34-21-/t24-/m1/s1. The second kappa shape index (κ2) is 16.6. The molecule has 5 N–H and O–H groups in total. The van der Waals surface area contributed by atoms with Gasteiger partial charge in [-0.2, -0.15) is 0 Å². The Morgan fingerprint density at radius 3 is 2.10 bits per heavy atom. The lowest BCUT2D eigenvalue weighted by Crippen LogP contribution is -2.16. The first kappa shape index (κ1) is 37.1. The van der Waals surface area contributed by atoms with Crippen LogP contribution in [0.25, 0.3) is 18.2 Å². The Hall–Kier alpha value is -4.73. The van der Waals surface area contributed by atoms with Gasteiger partial charge < -0.3 is 25.5 Å². The lowest BCUT2D eigenvalue weighted by atomic mass is 9.98. The molecule has 0 aromatic carbocycles. The van der Waals surface area contributed by atoms with Gasteiger partial charge in [0.15, 0.2) is 0 Å². The van der Waals surface area contributed by atoms with Crippen LogP contribution in [0.4, 0.5) is 0 Å². The maximum atomic E-state index is 12.7. The first-order valence-electron chi connectivity index (χ1n) is 17.4. The monoisotopic (exact) mass is 670 g/mol. The number of carboxylic acid groups (broad SMARTS) is 2. The fourth-order valence-corrected chi connectivity index (χ4v) is 6.74. The molecule has 2 aromatic rings. The number of carbonyl (C=O) groups excluding carboxylic acids is 2. The number of amides is 2. The molecule has 10 nitrogen and oxygen atoms in total. The van der Waals surface area contributed by atoms with E-state index in [0.29, 0.717) is 28.0 Å². The molecule has 2 aromatic heterocycles. The van der Waals surface area contributed by atoms with Crippen LogP contribution in [0.2, 0.25) is 0 Å². The fourth-order valence-electron chi connectivity index (χ4n) is 6.74. The van der Waals surface area contributed by atoms with Crippen LogP contribution >= 0.6 is 0 Å². The van der Waals surface area contributed by atoms with Crippen LogP contribution < -0.4 is 16.0 Å². The van der Waals surface area contributed by atoms with E-state index in [-0.39, 0.29) is 43.4 Å². The zero-order valence-corrected chi connectivity index (χ0v) is 29.6. The molecule has 2 aliphatic rings. The highest BCUT2D eigenvalue weighted by Crippen LogP contribution is 2.30. The minimum atomic E-state index is -0.915. The summed E-state index contributed by atoms with van der Waals surface area (Å²) < 4.78 is 0. The molecule has 0 spiro atoms. The molecular weight excluding hydrogens is 620 g/mol. The summed E-state index contributed by atoms with van der Waals surface area (Å²) in [5.74, 6) is -2.41. The molecule has 4 rings (SSSR count). The van der Waals surface area contributed by atoms with Crippen molar-refractivity contribution in [1.29, 1.82) is 0 Å². The summed E-state index contributed by atoms with van der Waals surface area (Å²) in [5.41, 5.74) is 8.66. The summed E-state index contributed by atoms with van der Waals surface area (Å²) in [6.45, 7) is 11.6. The summed E-state index contributed by atoms with van der Waals surface area (Å²) in [6.07, 6.45) is 15.6. The molecule has 0 aliphatic carbocycles. The number of carbonyl (C=O) groups is 4. The van der Waals surface area contributed by atoms with Gasteiger partial charge in [0.2, 0.25) is 5.91 Å². The van der Waals surface area contributed by atoms with Crippen LogP contribution in [0.3, 0.4) is 0 Å². The lowest BCUT2D eigenvalue weighted by Gasteiger charge is -2.05. The Morgan fingerprint density at radius 1 is 0.796 bits per heavy atom. The number of nitrogens with one attached hydrogen (secondary N) is 3. The molecule has 1 atom stereocenters. The van der Waals surface area contributed by atoms with Crippen molar-refractivity contribution in [1.82, 2.24) is 15.3 Å². The molecule has 2 aliphatic heterocycles. The first-order chi connectivity index (χ1) is 23.4.